The topological polar surface area (TPSA) is 116 Å². The van der Waals surface area contributed by atoms with Gasteiger partial charge < -0.3 is 15.7 Å². The average Bonchev–Trinajstić information content (AvgIpc) is 3.66. The monoisotopic (exact) mass is 512 g/mol. The lowest BCUT2D eigenvalue weighted by atomic mass is 9.89. The highest BCUT2D eigenvalue weighted by atomic mass is 19.4. The number of amidine groups is 1. The van der Waals surface area contributed by atoms with Gasteiger partial charge >= 0.3 is 13.7 Å². The van der Waals surface area contributed by atoms with Gasteiger partial charge in [-0.1, -0.05) is 25.2 Å². The summed E-state index contributed by atoms with van der Waals surface area (Å²) in [5, 5.41) is 18.9. The van der Waals surface area contributed by atoms with Crippen molar-refractivity contribution >= 4 is 30.4 Å². The van der Waals surface area contributed by atoms with E-state index in [9.17, 15) is 28.3 Å². The molecule has 0 spiro atoms. The van der Waals surface area contributed by atoms with Crippen LogP contribution in [0.4, 0.5) is 18.9 Å². The molecule has 11 heteroatoms. The third-order valence-corrected chi connectivity index (χ3v) is 6.36. The van der Waals surface area contributed by atoms with Crippen molar-refractivity contribution < 1.29 is 23.0 Å². The number of aromatic nitrogens is 1. The molecule has 1 radical (unpaired) electrons. The molecule has 2 aliphatic rings. The second-order valence-corrected chi connectivity index (χ2v) is 9.26. The summed E-state index contributed by atoms with van der Waals surface area (Å²) < 4.78 is 39.9. The lowest BCUT2D eigenvalue weighted by Crippen LogP contribution is -2.37. The number of nitrogens with zero attached hydrogens (tertiary/aromatic N) is 4. The molecule has 7 nitrogen and oxygen atoms in total. The first kappa shape index (κ1) is 28.2. The maximum atomic E-state index is 13.3. The van der Waals surface area contributed by atoms with E-state index >= 15 is 0 Å². The third-order valence-electron chi connectivity index (χ3n) is 6.36. The molecule has 1 unspecified atom stereocenters. The largest absolute Gasteiger partial charge is 0.450 e. The molecule has 0 saturated heterocycles. The Bertz CT molecular complexity index is 1180. The summed E-state index contributed by atoms with van der Waals surface area (Å²) in [5.74, 6) is -0.420. The molecule has 1 aromatic heterocycles. The van der Waals surface area contributed by atoms with Crippen LogP contribution in [0.25, 0.3) is 0 Å². The van der Waals surface area contributed by atoms with E-state index in [1.807, 2.05) is 17.9 Å². The number of halogens is 3. The number of hydrogen-bond donors (Lipinski definition) is 2. The van der Waals surface area contributed by atoms with Gasteiger partial charge in [0.25, 0.3) is 0 Å². The molecule has 0 aliphatic heterocycles. The molecular weight excluding hydrogens is 482 g/mol. The van der Waals surface area contributed by atoms with Crippen LogP contribution in [0.2, 0.25) is 0 Å². The quantitative estimate of drug-likeness (QED) is 0.297. The van der Waals surface area contributed by atoms with Crippen molar-refractivity contribution in [2.45, 2.75) is 64.6 Å². The molecule has 3 rings (SSSR count). The number of hydrogen-bond acceptors (Lipinski definition) is 5. The van der Waals surface area contributed by atoms with Crippen molar-refractivity contribution in [2.75, 3.05) is 11.4 Å². The van der Waals surface area contributed by atoms with E-state index in [1.54, 1.807) is 19.1 Å². The minimum absolute atomic E-state index is 0.0436. The van der Waals surface area contributed by atoms with E-state index in [0.717, 1.165) is 38.4 Å². The predicted molar refractivity (Wildman–Crippen MR) is 137 cm³/mol. The summed E-state index contributed by atoms with van der Waals surface area (Å²) in [7, 11) is 0.884. The molecule has 195 valence electrons. The number of nitriles is 1. The van der Waals surface area contributed by atoms with Gasteiger partial charge in [0.15, 0.2) is 5.69 Å². The predicted octanol–water partition coefficient (Wildman–Crippen LogP) is 3.61. The highest BCUT2D eigenvalue weighted by molar-refractivity contribution is 6.45. The Kier molecular flexibility index (Phi) is 9.32. The lowest BCUT2D eigenvalue weighted by molar-refractivity contribution is -0.118. The normalized spacial score (nSPS) is 21.6. The highest BCUT2D eigenvalue weighted by Crippen LogP contribution is 2.42. The van der Waals surface area contributed by atoms with Crippen LogP contribution in [0.1, 0.15) is 58.1 Å². The summed E-state index contributed by atoms with van der Waals surface area (Å²) in [6.07, 6.45) is 3.72. The van der Waals surface area contributed by atoms with E-state index in [0.29, 0.717) is 23.3 Å². The summed E-state index contributed by atoms with van der Waals surface area (Å²) in [4.78, 5) is 22.9. The Balaban J connectivity index is 1.86. The Labute approximate surface area is 215 Å². The first-order valence-electron chi connectivity index (χ1n) is 12.3. The standard InChI is InChI=1S/C26H30BF3N5O2/c1-3-11-35(23-13-19(27-37)15-33-22(23)14-31)16(2)12-24(36)34-25(32)21-10-9-18(26(28,29)30)5-4-6-20(21)17-7-8-17/h6,9-10,13,15-17,37H,3-5,7-8,11-12H2,1-2H3,(H2,32,34,36)/b18-9+,20-6-,21-10+. The summed E-state index contributed by atoms with van der Waals surface area (Å²) in [6.45, 7) is 4.27. The maximum Gasteiger partial charge on any atom is 0.412 e. The van der Waals surface area contributed by atoms with Gasteiger partial charge in [-0.25, -0.2) is 4.98 Å². The van der Waals surface area contributed by atoms with Crippen LogP contribution < -0.4 is 16.1 Å². The van der Waals surface area contributed by atoms with Gasteiger partial charge in [0.05, 0.1) is 5.69 Å². The zero-order valence-electron chi connectivity index (χ0n) is 20.9. The molecule has 1 amide bonds. The van der Waals surface area contributed by atoms with Crippen molar-refractivity contribution in [1.29, 1.82) is 5.26 Å². The smallest absolute Gasteiger partial charge is 0.412 e. The SMILES string of the molecule is CCCN(c1cc([B]O)cnc1C#N)C(C)CC(=O)N=C(N)C1=C/C=C(/C(F)(F)F)CC/C=C\1C1CC1. The number of carbonyl (C=O) groups is 1. The fourth-order valence-electron chi connectivity index (χ4n) is 4.37. The fourth-order valence-corrected chi connectivity index (χ4v) is 4.37. The summed E-state index contributed by atoms with van der Waals surface area (Å²) in [5.41, 5.74) is 7.80. The highest BCUT2D eigenvalue weighted by Gasteiger charge is 2.34. The summed E-state index contributed by atoms with van der Waals surface area (Å²) >= 11 is 0. The Morgan fingerprint density at radius 2 is 2.14 bits per heavy atom. The number of anilines is 1. The molecule has 2 aliphatic carbocycles. The number of rotatable bonds is 9. The number of amides is 1. The number of alkyl halides is 3. The Morgan fingerprint density at radius 3 is 2.73 bits per heavy atom. The number of allylic oxidation sites excluding steroid dienone is 4. The van der Waals surface area contributed by atoms with Gasteiger partial charge in [0, 0.05) is 36.4 Å². The van der Waals surface area contributed by atoms with Gasteiger partial charge in [0.2, 0.25) is 5.91 Å². The zero-order valence-corrected chi connectivity index (χ0v) is 20.9. The van der Waals surface area contributed by atoms with Gasteiger partial charge in [-0.15, -0.1) is 0 Å². The maximum absolute atomic E-state index is 13.3. The molecule has 1 heterocycles. The molecule has 1 saturated carbocycles. The first-order valence-corrected chi connectivity index (χ1v) is 12.3. The minimum atomic E-state index is -4.44. The van der Waals surface area contributed by atoms with Crippen molar-refractivity contribution in [2.24, 2.45) is 16.6 Å². The van der Waals surface area contributed by atoms with Crippen molar-refractivity contribution in [1.82, 2.24) is 4.98 Å². The third kappa shape index (κ3) is 7.32. The second-order valence-electron chi connectivity index (χ2n) is 9.26. The Hall–Kier alpha value is -3.39. The molecule has 3 N–H and O–H groups in total. The van der Waals surface area contributed by atoms with Crippen molar-refractivity contribution in [3.05, 3.63) is 52.9 Å². The minimum Gasteiger partial charge on any atom is -0.450 e. The Morgan fingerprint density at radius 1 is 1.41 bits per heavy atom. The van der Waals surface area contributed by atoms with Gasteiger partial charge in [-0.05, 0) is 62.0 Å². The molecular formula is C26H30BF3N5O2. The van der Waals surface area contributed by atoms with E-state index in [1.165, 1.54) is 12.3 Å². The molecule has 1 aromatic rings. The zero-order chi connectivity index (χ0) is 27.2. The fraction of sp³-hybridized carbons (Fsp3) is 0.462. The first-order chi connectivity index (χ1) is 17.6. The van der Waals surface area contributed by atoms with Crippen LogP contribution in [-0.2, 0) is 4.79 Å². The second kappa shape index (κ2) is 12.2. The number of carbonyl (C=O) groups excluding carboxylic acids is 1. The van der Waals surface area contributed by atoms with Gasteiger partial charge in [-0.2, -0.15) is 23.4 Å². The van der Waals surface area contributed by atoms with E-state index in [2.05, 4.69) is 9.98 Å². The van der Waals surface area contributed by atoms with Crippen LogP contribution >= 0.6 is 0 Å². The van der Waals surface area contributed by atoms with E-state index < -0.39 is 23.7 Å². The van der Waals surface area contributed by atoms with Crippen LogP contribution in [0.5, 0.6) is 0 Å². The van der Waals surface area contributed by atoms with Crippen LogP contribution in [-0.4, -0.2) is 48.0 Å². The van der Waals surface area contributed by atoms with Crippen molar-refractivity contribution in [3.8, 4) is 6.07 Å². The lowest BCUT2D eigenvalue weighted by Gasteiger charge is -2.31. The van der Waals surface area contributed by atoms with Crippen LogP contribution in [0, 0.1) is 17.2 Å². The van der Waals surface area contributed by atoms with Crippen LogP contribution in [0.3, 0.4) is 0 Å². The number of nitrogens with two attached hydrogens (primary N) is 1. The summed E-state index contributed by atoms with van der Waals surface area (Å²) in [6, 6.07) is 3.26. The molecule has 37 heavy (non-hydrogen) atoms. The van der Waals surface area contributed by atoms with Crippen molar-refractivity contribution in [3.63, 3.8) is 0 Å². The van der Waals surface area contributed by atoms with Crippen LogP contribution in [0.15, 0.2) is 52.2 Å². The van der Waals surface area contributed by atoms with Gasteiger partial charge in [-0.3, -0.25) is 4.79 Å². The molecule has 0 aromatic carbocycles. The molecule has 1 atom stereocenters. The molecule has 0 bridgehead atoms. The van der Waals surface area contributed by atoms with E-state index in [-0.39, 0.29) is 36.7 Å². The van der Waals surface area contributed by atoms with E-state index in [4.69, 9.17) is 5.73 Å². The molecule has 1 fully saturated rings. The average molecular weight is 512 g/mol. The number of aliphatic imine (C=N–C) groups is 1. The number of pyridine rings is 1. The van der Waals surface area contributed by atoms with Gasteiger partial charge in [0.1, 0.15) is 11.9 Å².